The van der Waals surface area contributed by atoms with Crippen molar-refractivity contribution in [2.24, 2.45) is 5.92 Å². The standard InChI is InChI=1S/C11H22O/c1-6-10(4)9-11(5,7-2)12-8-3/h7,10H,2,6,8-9H2,1,3-5H3/t10-,11?/m0/s1. The zero-order valence-corrected chi connectivity index (χ0v) is 8.89. The van der Waals surface area contributed by atoms with E-state index in [-0.39, 0.29) is 5.60 Å². The normalized spacial score (nSPS) is 18.3. The van der Waals surface area contributed by atoms with Crippen LogP contribution in [-0.2, 0) is 4.74 Å². The molecular formula is C11H22O. The highest BCUT2D eigenvalue weighted by Gasteiger charge is 2.22. The van der Waals surface area contributed by atoms with Gasteiger partial charge in [0.05, 0.1) is 5.60 Å². The molecule has 0 aromatic heterocycles. The van der Waals surface area contributed by atoms with E-state index in [1.807, 2.05) is 13.0 Å². The van der Waals surface area contributed by atoms with Gasteiger partial charge in [0.2, 0.25) is 0 Å². The molecule has 1 heteroatoms. The molecule has 0 aromatic rings. The Balaban J connectivity index is 4.03. The highest BCUT2D eigenvalue weighted by molar-refractivity contribution is 4.94. The second-order valence-electron chi connectivity index (χ2n) is 3.67. The van der Waals surface area contributed by atoms with Gasteiger partial charge in [-0.05, 0) is 26.2 Å². The molecule has 0 aliphatic heterocycles. The second kappa shape index (κ2) is 5.36. The van der Waals surface area contributed by atoms with Crippen LogP contribution in [0.3, 0.4) is 0 Å². The zero-order valence-electron chi connectivity index (χ0n) is 8.89. The summed E-state index contributed by atoms with van der Waals surface area (Å²) >= 11 is 0. The summed E-state index contributed by atoms with van der Waals surface area (Å²) in [6.07, 6.45) is 4.19. The van der Waals surface area contributed by atoms with E-state index in [0.29, 0.717) is 5.92 Å². The second-order valence-corrected chi connectivity index (χ2v) is 3.67. The maximum atomic E-state index is 5.63. The maximum absolute atomic E-state index is 5.63. The van der Waals surface area contributed by atoms with Gasteiger partial charge in [-0.25, -0.2) is 0 Å². The summed E-state index contributed by atoms with van der Waals surface area (Å²) in [6, 6.07) is 0. The van der Waals surface area contributed by atoms with Gasteiger partial charge in [-0.15, -0.1) is 6.58 Å². The molecule has 0 aliphatic carbocycles. The molecule has 0 heterocycles. The SMILES string of the molecule is C=CC(C)(C[C@@H](C)CC)OCC. The van der Waals surface area contributed by atoms with Gasteiger partial charge in [0.15, 0.2) is 0 Å². The van der Waals surface area contributed by atoms with Gasteiger partial charge in [0.25, 0.3) is 0 Å². The zero-order chi connectivity index (χ0) is 9.61. The van der Waals surface area contributed by atoms with Crippen LogP contribution in [0, 0.1) is 5.92 Å². The van der Waals surface area contributed by atoms with E-state index in [4.69, 9.17) is 4.74 Å². The molecule has 0 N–H and O–H groups in total. The minimum Gasteiger partial charge on any atom is -0.372 e. The molecule has 0 saturated carbocycles. The Hall–Kier alpha value is -0.300. The van der Waals surface area contributed by atoms with Crippen LogP contribution in [0.1, 0.15) is 40.5 Å². The molecule has 0 fully saturated rings. The average Bonchev–Trinajstić information content (AvgIpc) is 2.05. The average molecular weight is 170 g/mol. The molecule has 0 spiro atoms. The molecule has 1 nitrogen and oxygen atoms in total. The molecule has 12 heavy (non-hydrogen) atoms. The van der Waals surface area contributed by atoms with Gasteiger partial charge in [0.1, 0.15) is 0 Å². The monoisotopic (exact) mass is 170 g/mol. The molecule has 0 saturated heterocycles. The van der Waals surface area contributed by atoms with Crippen molar-refractivity contribution < 1.29 is 4.74 Å². The predicted molar refractivity (Wildman–Crippen MR) is 54.3 cm³/mol. The third kappa shape index (κ3) is 3.91. The Morgan fingerprint density at radius 1 is 1.50 bits per heavy atom. The van der Waals surface area contributed by atoms with E-state index in [2.05, 4.69) is 27.4 Å². The van der Waals surface area contributed by atoms with Crippen LogP contribution < -0.4 is 0 Å². The van der Waals surface area contributed by atoms with Crippen molar-refractivity contribution in [3.8, 4) is 0 Å². The number of rotatable bonds is 6. The summed E-state index contributed by atoms with van der Waals surface area (Å²) in [5, 5.41) is 0. The molecule has 0 radical (unpaired) electrons. The van der Waals surface area contributed by atoms with Gasteiger partial charge >= 0.3 is 0 Å². The van der Waals surface area contributed by atoms with E-state index < -0.39 is 0 Å². The first kappa shape index (κ1) is 11.7. The third-order valence-electron chi connectivity index (χ3n) is 2.36. The lowest BCUT2D eigenvalue weighted by atomic mass is 9.91. The Bertz CT molecular complexity index is 131. The fourth-order valence-corrected chi connectivity index (χ4v) is 1.37. The van der Waals surface area contributed by atoms with Gasteiger partial charge < -0.3 is 4.74 Å². The van der Waals surface area contributed by atoms with Crippen molar-refractivity contribution in [1.29, 1.82) is 0 Å². The topological polar surface area (TPSA) is 9.23 Å². The molecule has 0 amide bonds. The van der Waals surface area contributed by atoms with E-state index in [0.717, 1.165) is 13.0 Å². The summed E-state index contributed by atoms with van der Waals surface area (Å²) in [5.74, 6) is 0.708. The number of hydrogen-bond donors (Lipinski definition) is 0. The van der Waals surface area contributed by atoms with Crippen LogP contribution in [0.5, 0.6) is 0 Å². The Kier molecular flexibility index (Phi) is 5.23. The highest BCUT2D eigenvalue weighted by Crippen LogP contribution is 2.23. The van der Waals surface area contributed by atoms with Crippen molar-refractivity contribution in [3.05, 3.63) is 12.7 Å². The highest BCUT2D eigenvalue weighted by atomic mass is 16.5. The van der Waals surface area contributed by atoms with Gasteiger partial charge in [0, 0.05) is 6.61 Å². The number of ether oxygens (including phenoxy) is 1. The number of hydrogen-bond acceptors (Lipinski definition) is 1. The first-order chi connectivity index (χ1) is 5.58. The van der Waals surface area contributed by atoms with Gasteiger partial charge in [-0.3, -0.25) is 0 Å². The predicted octanol–water partition coefficient (Wildman–Crippen LogP) is 3.40. The lowest BCUT2D eigenvalue weighted by Gasteiger charge is -2.28. The summed E-state index contributed by atoms with van der Waals surface area (Å²) in [4.78, 5) is 0. The van der Waals surface area contributed by atoms with Crippen molar-refractivity contribution in [2.45, 2.75) is 46.1 Å². The Morgan fingerprint density at radius 3 is 2.42 bits per heavy atom. The van der Waals surface area contributed by atoms with Gasteiger partial charge in [-0.2, -0.15) is 0 Å². The van der Waals surface area contributed by atoms with Crippen molar-refractivity contribution in [2.75, 3.05) is 6.61 Å². The molecule has 0 rings (SSSR count). The fraction of sp³-hybridized carbons (Fsp3) is 0.818. The van der Waals surface area contributed by atoms with Crippen LogP contribution in [0.25, 0.3) is 0 Å². The van der Waals surface area contributed by atoms with E-state index >= 15 is 0 Å². The first-order valence-corrected chi connectivity index (χ1v) is 4.85. The molecule has 1 unspecified atom stereocenters. The lowest BCUT2D eigenvalue weighted by molar-refractivity contribution is -0.00271. The smallest absolute Gasteiger partial charge is 0.0834 e. The minimum atomic E-state index is -0.121. The van der Waals surface area contributed by atoms with Crippen molar-refractivity contribution >= 4 is 0 Å². The van der Waals surface area contributed by atoms with E-state index in [1.165, 1.54) is 6.42 Å². The van der Waals surface area contributed by atoms with Crippen molar-refractivity contribution in [3.63, 3.8) is 0 Å². The Labute approximate surface area is 76.8 Å². The summed E-state index contributed by atoms with van der Waals surface area (Å²) in [7, 11) is 0. The quantitative estimate of drug-likeness (QED) is 0.555. The van der Waals surface area contributed by atoms with Crippen LogP contribution in [0.4, 0.5) is 0 Å². The van der Waals surface area contributed by atoms with Crippen LogP contribution in [0.15, 0.2) is 12.7 Å². The molecule has 2 atom stereocenters. The lowest BCUT2D eigenvalue weighted by Crippen LogP contribution is -2.28. The Morgan fingerprint density at radius 2 is 2.08 bits per heavy atom. The van der Waals surface area contributed by atoms with Gasteiger partial charge in [-0.1, -0.05) is 26.3 Å². The minimum absolute atomic E-state index is 0.121. The summed E-state index contributed by atoms with van der Waals surface area (Å²) < 4.78 is 5.63. The summed E-state index contributed by atoms with van der Waals surface area (Å²) in [5.41, 5.74) is -0.121. The molecule has 0 aromatic carbocycles. The fourth-order valence-electron chi connectivity index (χ4n) is 1.37. The summed E-state index contributed by atoms with van der Waals surface area (Å²) in [6.45, 7) is 13.2. The molecule has 72 valence electrons. The van der Waals surface area contributed by atoms with E-state index in [9.17, 15) is 0 Å². The molecule has 0 aliphatic rings. The van der Waals surface area contributed by atoms with E-state index in [1.54, 1.807) is 0 Å². The van der Waals surface area contributed by atoms with Crippen LogP contribution in [0.2, 0.25) is 0 Å². The van der Waals surface area contributed by atoms with Crippen LogP contribution >= 0.6 is 0 Å². The molecule has 0 bridgehead atoms. The maximum Gasteiger partial charge on any atom is 0.0834 e. The van der Waals surface area contributed by atoms with Crippen LogP contribution in [-0.4, -0.2) is 12.2 Å². The van der Waals surface area contributed by atoms with Crippen molar-refractivity contribution in [1.82, 2.24) is 0 Å². The third-order valence-corrected chi connectivity index (χ3v) is 2.36. The molecular weight excluding hydrogens is 148 g/mol. The first-order valence-electron chi connectivity index (χ1n) is 4.85. The largest absolute Gasteiger partial charge is 0.372 e.